The molecule has 0 spiro atoms. The molecule has 0 aliphatic carbocycles. The van der Waals surface area contributed by atoms with E-state index in [1.807, 2.05) is 0 Å². The Kier molecular flexibility index (Phi) is 3.00. The molecule has 2 aromatic rings. The largest absolute Gasteiger partial charge is 0.478 e. The monoisotopic (exact) mass is 230 g/mol. The maximum absolute atomic E-state index is 10.8. The summed E-state index contributed by atoms with van der Waals surface area (Å²) in [5.74, 6) is -0.0201. The van der Waals surface area contributed by atoms with Gasteiger partial charge >= 0.3 is 5.97 Å². The molecule has 0 radical (unpaired) electrons. The van der Waals surface area contributed by atoms with Crippen LogP contribution < -0.4 is 4.74 Å². The van der Waals surface area contributed by atoms with E-state index in [0.717, 1.165) is 5.56 Å². The first-order chi connectivity index (χ1) is 8.16. The third-order valence-electron chi connectivity index (χ3n) is 2.18. The van der Waals surface area contributed by atoms with Gasteiger partial charge in [-0.15, -0.1) is 0 Å². The minimum Gasteiger partial charge on any atom is -0.478 e. The Morgan fingerprint density at radius 2 is 2.18 bits per heavy atom. The highest BCUT2D eigenvalue weighted by molar-refractivity contribution is 5.88. The molecule has 0 amide bonds. The fraction of sp³-hybridized carbons (Fsp3) is 0.0833. The fourth-order valence-corrected chi connectivity index (χ4v) is 1.35. The minimum absolute atomic E-state index is 0.231. The van der Waals surface area contributed by atoms with Crippen molar-refractivity contribution in [3.63, 3.8) is 0 Å². The molecular weight excluding hydrogens is 220 g/mol. The van der Waals surface area contributed by atoms with E-state index in [1.165, 1.54) is 18.5 Å². The van der Waals surface area contributed by atoms with Crippen LogP contribution in [0.4, 0.5) is 0 Å². The molecule has 0 atom stereocenters. The van der Waals surface area contributed by atoms with E-state index in [0.29, 0.717) is 11.6 Å². The van der Waals surface area contributed by atoms with Crippen molar-refractivity contribution >= 4 is 5.97 Å². The van der Waals surface area contributed by atoms with Gasteiger partial charge in [-0.05, 0) is 30.7 Å². The smallest absolute Gasteiger partial charge is 0.335 e. The molecule has 1 aromatic heterocycles. The van der Waals surface area contributed by atoms with Gasteiger partial charge in [0.1, 0.15) is 5.75 Å². The maximum Gasteiger partial charge on any atom is 0.335 e. The van der Waals surface area contributed by atoms with Crippen LogP contribution in [0.1, 0.15) is 15.9 Å². The van der Waals surface area contributed by atoms with Gasteiger partial charge in [-0.1, -0.05) is 0 Å². The Morgan fingerprint density at radius 3 is 2.76 bits per heavy atom. The van der Waals surface area contributed by atoms with Gasteiger partial charge in [-0.25, -0.2) is 9.78 Å². The Labute approximate surface area is 97.7 Å². The topological polar surface area (TPSA) is 72.3 Å². The third kappa shape index (κ3) is 2.57. The van der Waals surface area contributed by atoms with E-state index < -0.39 is 5.97 Å². The Morgan fingerprint density at radius 1 is 1.35 bits per heavy atom. The first kappa shape index (κ1) is 11.1. The minimum atomic E-state index is -0.959. The van der Waals surface area contributed by atoms with Crippen LogP contribution in [0.3, 0.4) is 0 Å². The molecule has 5 heteroatoms. The highest BCUT2D eigenvalue weighted by Crippen LogP contribution is 2.23. The SMILES string of the molecule is Cc1cc(C(=O)O)ccc1Oc1cnccn1. The molecule has 86 valence electrons. The highest BCUT2D eigenvalue weighted by atomic mass is 16.5. The molecule has 5 nitrogen and oxygen atoms in total. The van der Waals surface area contributed by atoms with Crippen molar-refractivity contribution in [1.82, 2.24) is 9.97 Å². The summed E-state index contributed by atoms with van der Waals surface area (Å²) in [4.78, 5) is 18.6. The molecule has 2 rings (SSSR count). The van der Waals surface area contributed by atoms with Gasteiger partial charge in [0, 0.05) is 12.4 Å². The van der Waals surface area contributed by atoms with Gasteiger partial charge in [0.15, 0.2) is 0 Å². The van der Waals surface area contributed by atoms with E-state index in [9.17, 15) is 4.79 Å². The van der Waals surface area contributed by atoms with E-state index in [4.69, 9.17) is 9.84 Å². The van der Waals surface area contributed by atoms with Gasteiger partial charge in [0.25, 0.3) is 0 Å². The quantitative estimate of drug-likeness (QED) is 0.875. The number of aryl methyl sites for hydroxylation is 1. The highest BCUT2D eigenvalue weighted by Gasteiger charge is 2.07. The number of nitrogens with zero attached hydrogens (tertiary/aromatic N) is 2. The Hall–Kier alpha value is -2.43. The number of carboxylic acids is 1. The van der Waals surface area contributed by atoms with E-state index in [1.54, 1.807) is 25.3 Å². The molecule has 1 aromatic carbocycles. The molecule has 0 aliphatic heterocycles. The first-order valence-corrected chi connectivity index (χ1v) is 4.94. The normalized spacial score (nSPS) is 9.94. The number of ether oxygens (including phenoxy) is 1. The third-order valence-corrected chi connectivity index (χ3v) is 2.18. The van der Waals surface area contributed by atoms with Crippen molar-refractivity contribution in [3.05, 3.63) is 47.9 Å². The number of hydrogen-bond donors (Lipinski definition) is 1. The van der Waals surface area contributed by atoms with Crippen molar-refractivity contribution in [1.29, 1.82) is 0 Å². The zero-order valence-electron chi connectivity index (χ0n) is 9.12. The molecule has 0 fully saturated rings. The number of hydrogen-bond acceptors (Lipinski definition) is 4. The standard InChI is InChI=1S/C12H10N2O3/c1-8-6-9(12(15)16)2-3-10(8)17-11-7-13-4-5-14-11/h2-7H,1H3,(H,15,16). The predicted octanol–water partition coefficient (Wildman–Crippen LogP) is 2.28. The van der Waals surface area contributed by atoms with Crippen LogP contribution in [0, 0.1) is 6.92 Å². The lowest BCUT2D eigenvalue weighted by Gasteiger charge is -2.07. The molecule has 17 heavy (non-hydrogen) atoms. The number of benzene rings is 1. The van der Waals surface area contributed by atoms with Gasteiger partial charge in [-0.2, -0.15) is 0 Å². The lowest BCUT2D eigenvalue weighted by Crippen LogP contribution is -1.98. The summed E-state index contributed by atoms with van der Waals surface area (Å²) in [5.41, 5.74) is 0.963. The molecule has 1 heterocycles. The number of rotatable bonds is 3. The van der Waals surface area contributed by atoms with Crippen LogP contribution >= 0.6 is 0 Å². The van der Waals surface area contributed by atoms with Crippen LogP contribution in [0.5, 0.6) is 11.6 Å². The molecule has 0 aliphatic rings. The summed E-state index contributed by atoms with van der Waals surface area (Å²) < 4.78 is 5.48. The van der Waals surface area contributed by atoms with Crippen LogP contribution in [0.25, 0.3) is 0 Å². The summed E-state index contributed by atoms with van der Waals surface area (Å²) in [7, 11) is 0. The number of aromatic carboxylic acids is 1. The Balaban J connectivity index is 2.26. The van der Waals surface area contributed by atoms with Gasteiger partial charge in [0.2, 0.25) is 5.88 Å². The number of carboxylic acid groups (broad SMARTS) is 1. The van der Waals surface area contributed by atoms with Crippen LogP contribution in [-0.2, 0) is 0 Å². The summed E-state index contributed by atoms with van der Waals surface area (Å²) in [6, 6.07) is 4.64. The van der Waals surface area contributed by atoms with Crippen molar-refractivity contribution < 1.29 is 14.6 Å². The average molecular weight is 230 g/mol. The fourth-order valence-electron chi connectivity index (χ4n) is 1.35. The van der Waals surface area contributed by atoms with Crippen molar-refractivity contribution in [2.75, 3.05) is 0 Å². The molecule has 0 saturated heterocycles. The molecule has 0 unspecified atom stereocenters. The van der Waals surface area contributed by atoms with Crippen molar-refractivity contribution in [2.45, 2.75) is 6.92 Å². The summed E-state index contributed by atoms with van der Waals surface area (Å²) in [6.45, 7) is 1.78. The number of aromatic nitrogens is 2. The van der Waals surface area contributed by atoms with Gasteiger partial charge < -0.3 is 9.84 Å². The predicted molar refractivity (Wildman–Crippen MR) is 60.2 cm³/mol. The van der Waals surface area contributed by atoms with E-state index in [2.05, 4.69) is 9.97 Å². The second-order valence-corrected chi connectivity index (χ2v) is 3.43. The van der Waals surface area contributed by atoms with Crippen molar-refractivity contribution in [2.24, 2.45) is 0 Å². The van der Waals surface area contributed by atoms with Crippen molar-refractivity contribution in [3.8, 4) is 11.6 Å². The second kappa shape index (κ2) is 4.61. The van der Waals surface area contributed by atoms with Gasteiger partial charge in [0.05, 0.1) is 11.8 Å². The molecule has 1 N–H and O–H groups in total. The summed E-state index contributed by atoms with van der Waals surface area (Å²) in [5, 5.41) is 8.83. The lowest BCUT2D eigenvalue weighted by molar-refractivity contribution is 0.0697. The van der Waals surface area contributed by atoms with Gasteiger partial charge in [-0.3, -0.25) is 4.98 Å². The zero-order valence-corrected chi connectivity index (χ0v) is 9.12. The average Bonchev–Trinajstić information content (AvgIpc) is 2.33. The Bertz CT molecular complexity index is 541. The summed E-state index contributed by atoms with van der Waals surface area (Å²) >= 11 is 0. The second-order valence-electron chi connectivity index (χ2n) is 3.43. The lowest BCUT2D eigenvalue weighted by atomic mass is 10.1. The summed E-state index contributed by atoms with van der Waals surface area (Å²) in [6.07, 6.45) is 4.56. The molecule has 0 bridgehead atoms. The number of carbonyl (C=O) groups is 1. The first-order valence-electron chi connectivity index (χ1n) is 4.94. The van der Waals surface area contributed by atoms with Crippen LogP contribution in [-0.4, -0.2) is 21.0 Å². The molecule has 0 saturated carbocycles. The van der Waals surface area contributed by atoms with Crippen LogP contribution in [0.15, 0.2) is 36.8 Å². The van der Waals surface area contributed by atoms with E-state index >= 15 is 0 Å². The molecular formula is C12H10N2O3. The van der Waals surface area contributed by atoms with E-state index in [-0.39, 0.29) is 5.56 Å². The maximum atomic E-state index is 10.8. The van der Waals surface area contributed by atoms with Crippen LogP contribution in [0.2, 0.25) is 0 Å². The zero-order chi connectivity index (χ0) is 12.3.